The van der Waals surface area contributed by atoms with E-state index in [2.05, 4.69) is 15.5 Å². The van der Waals surface area contributed by atoms with Crippen molar-refractivity contribution in [3.8, 4) is 5.75 Å². The third kappa shape index (κ3) is 3.57. The Labute approximate surface area is 125 Å². The molecule has 0 aliphatic carbocycles. The number of aromatic nitrogens is 2. The molecule has 1 N–H and O–H groups in total. The van der Waals surface area contributed by atoms with Crippen molar-refractivity contribution in [1.82, 2.24) is 10.1 Å². The fraction of sp³-hybridized carbons (Fsp3) is 0.308. The van der Waals surface area contributed by atoms with E-state index in [9.17, 15) is 14.9 Å². The maximum atomic E-state index is 12.0. The third-order valence-corrected chi connectivity index (χ3v) is 2.70. The second kappa shape index (κ2) is 6.20. The van der Waals surface area contributed by atoms with Crippen LogP contribution >= 0.6 is 0 Å². The number of nitro groups is 1. The summed E-state index contributed by atoms with van der Waals surface area (Å²) in [7, 11) is 0. The molecule has 0 aliphatic heterocycles. The fourth-order valence-electron chi connectivity index (χ4n) is 1.65. The van der Waals surface area contributed by atoms with E-state index in [0.717, 1.165) is 0 Å². The molecule has 1 atom stereocenters. The monoisotopic (exact) mass is 306 g/mol. The van der Waals surface area contributed by atoms with Crippen LogP contribution < -0.4 is 10.1 Å². The van der Waals surface area contributed by atoms with Crippen LogP contribution in [-0.2, 0) is 4.79 Å². The molecular weight excluding hydrogens is 292 g/mol. The highest BCUT2D eigenvalue weighted by Crippen LogP contribution is 2.25. The van der Waals surface area contributed by atoms with Crippen molar-refractivity contribution in [2.45, 2.75) is 26.9 Å². The minimum absolute atomic E-state index is 0.0745. The van der Waals surface area contributed by atoms with Crippen molar-refractivity contribution in [3.63, 3.8) is 0 Å². The number of carbonyl (C=O) groups excluding carboxylic acids is 1. The average Bonchev–Trinajstić information content (AvgIpc) is 2.85. The molecule has 1 unspecified atom stereocenters. The maximum Gasteiger partial charge on any atom is 0.406 e. The van der Waals surface area contributed by atoms with E-state index in [0.29, 0.717) is 11.5 Å². The molecule has 0 radical (unpaired) electrons. The lowest BCUT2D eigenvalue weighted by molar-refractivity contribution is -0.390. The van der Waals surface area contributed by atoms with Crippen molar-refractivity contribution >= 4 is 17.5 Å². The lowest BCUT2D eigenvalue weighted by Gasteiger charge is -2.13. The smallest absolute Gasteiger partial charge is 0.406 e. The minimum Gasteiger partial charge on any atom is -0.473 e. The number of hydrogen-bond donors (Lipinski definition) is 1. The Morgan fingerprint density at radius 1 is 1.45 bits per heavy atom. The number of pyridine rings is 1. The topological polar surface area (TPSA) is 120 Å². The molecule has 0 spiro atoms. The van der Waals surface area contributed by atoms with Gasteiger partial charge >= 0.3 is 5.82 Å². The highest BCUT2D eigenvalue weighted by molar-refractivity contribution is 5.93. The number of rotatable bonds is 5. The van der Waals surface area contributed by atoms with Crippen LogP contribution in [0.5, 0.6) is 5.75 Å². The Morgan fingerprint density at radius 3 is 2.77 bits per heavy atom. The molecule has 0 saturated heterocycles. The summed E-state index contributed by atoms with van der Waals surface area (Å²) < 4.78 is 10.2. The molecule has 116 valence electrons. The first-order chi connectivity index (χ1) is 10.4. The van der Waals surface area contributed by atoms with Crippen LogP contribution in [0, 0.1) is 24.0 Å². The number of ether oxygens (including phenoxy) is 1. The first-order valence-electron chi connectivity index (χ1n) is 6.39. The molecule has 2 aromatic heterocycles. The fourth-order valence-corrected chi connectivity index (χ4v) is 1.65. The van der Waals surface area contributed by atoms with E-state index < -0.39 is 22.8 Å². The van der Waals surface area contributed by atoms with Gasteiger partial charge in [0.05, 0.1) is 0 Å². The van der Waals surface area contributed by atoms with Gasteiger partial charge in [-0.2, -0.15) is 0 Å². The number of hydrogen-bond acceptors (Lipinski definition) is 7. The first kappa shape index (κ1) is 15.4. The summed E-state index contributed by atoms with van der Waals surface area (Å²) in [6.45, 7) is 4.77. The number of aryl methyl sites for hydroxylation is 2. The Balaban J connectivity index is 2.09. The van der Waals surface area contributed by atoms with Crippen LogP contribution in [0.15, 0.2) is 22.7 Å². The van der Waals surface area contributed by atoms with Crippen LogP contribution in [0.1, 0.15) is 18.4 Å². The molecule has 2 heterocycles. The van der Waals surface area contributed by atoms with Crippen molar-refractivity contribution in [1.29, 1.82) is 0 Å². The van der Waals surface area contributed by atoms with Crippen molar-refractivity contribution < 1.29 is 19.0 Å². The molecule has 22 heavy (non-hydrogen) atoms. The van der Waals surface area contributed by atoms with Crippen LogP contribution in [0.4, 0.5) is 11.6 Å². The molecule has 0 saturated carbocycles. The molecular formula is C13H14N4O5. The van der Waals surface area contributed by atoms with E-state index in [4.69, 9.17) is 9.26 Å². The largest absolute Gasteiger partial charge is 0.473 e. The second-order valence-corrected chi connectivity index (χ2v) is 4.60. The Morgan fingerprint density at radius 2 is 2.18 bits per heavy atom. The number of nitrogens with zero attached hydrogens (tertiary/aromatic N) is 3. The summed E-state index contributed by atoms with van der Waals surface area (Å²) in [6.07, 6.45) is -0.972. The maximum absolute atomic E-state index is 12.0. The van der Waals surface area contributed by atoms with Crippen LogP contribution in [0.25, 0.3) is 0 Å². The molecule has 9 nitrogen and oxygen atoms in total. The summed E-state index contributed by atoms with van der Waals surface area (Å²) in [5.74, 6) is -0.230. The van der Waals surface area contributed by atoms with E-state index in [-0.39, 0.29) is 11.6 Å². The summed E-state index contributed by atoms with van der Waals surface area (Å²) in [6, 6.07) is 4.51. The van der Waals surface area contributed by atoms with Crippen LogP contribution in [0.2, 0.25) is 0 Å². The van der Waals surface area contributed by atoms with Gasteiger partial charge in [-0.1, -0.05) is 5.16 Å². The van der Waals surface area contributed by atoms with E-state index >= 15 is 0 Å². The van der Waals surface area contributed by atoms with Gasteiger partial charge in [0.1, 0.15) is 11.5 Å². The van der Waals surface area contributed by atoms with Gasteiger partial charge in [-0.15, -0.1) is 0 Å². The number of amides is 1. The van der Waals surface area contributed by atoms with E-state index in [1.807, 2.05) is 0 Å². The highest BCUT2D eigenvalue weighted by atomic mass is 16.6. The number of nitrogens with one attached hydrogen (secondary N) is 1. The summed E-state index contributed by atoms with van der Waals surface area (Å²) in [5.41, 5.74) is 0.481. The van der Waals surface area contributed by atoms with Gasteiger partial charge < -0.3 is 24.7 Å². The Hall–Kier alpha value is -2.97. The highest BCUT2D eigenvalue weighted by Gasteiger charge is 2.23. The molecule has 0 bridgehead atoms. The van der Waals surface area contributed by atoms with Crippen LogP contribution in [0.3, 0.4) is 0 Å². The molecule has 0 fully saturated rings. The quantitative estimate of drug-likeness (QED) is 0.662. The van der Waals surface area contributed by atoms with Crippen molar-refractivity contribution in [2.75, 3.05) is 5.32 Å². The zero-order valence-electron chi connectivity index (χ0n) is 12.2. The first-order valence-corrected chi connectivity index (χ1v) is 6.39. The second-order valence-electron chi connectivity index (χ2n) is 4.60. The van der Waals surface area contributed by atoms with Gasteiger partial charge in [0.15, 0.2) is 11.9 Å². The molecule has 2 rings (SSSR count). The van der Waals surface area contributed by atoms with Crippen molar-refractivity contribution in [3.05, 3.63) is 39.8 Å². The predicted molar refractivity (Wildman–Crippen MR) is 75.6 cm³/mol. The van der Waals surface area contributed by atoms with E-state index in [1.54, 1.807) is 26.0 Å². The molecule has 0 aliphatic rings. The van der Waals surface area contributed by atoms with E-state index in [1.165, 1.54) is 13.0 Å². The van der Waals surface area contributed by atoms with Gasteiger partial charge in [0.25, 0.3) is 5.91 Å². The molecule has 2 aromatic rings. The summed E-state index contributed by atoms with van der Waals surface area (Å²) in [4.78, 5) is 26.1. The van der Waals surface area contributed by atoms with Gasteiger partial charge in [0.2, 0.25) is 5.75 Å². The molecule has 1 amide bonds. The lowest BCUT2D eigenvalue weighted by atomic mass is 10.3. The molecule has 0 aromatic carbocycles. The Bertz CT molecular complexity index is 712. The molecule has 9 heteroatoms. The van der Waals surface area contributed by atoms with Gasteiger partial charge in [0, 0.05) is 13.0 Å². The summed E-state index contributed by atoms with van der Waals surface area (Å²) >= 11 is 0. The van der Waals surface area contributed by atoms with Crippen molar-refractivity contribution in [2.24, 2.45) is 0 Å². The number of anilines is 1. The zero-order valence-corrected chi connectivity index (χ0v) is 12.2. The number of carbonyl (C=O) groups is 1. The standard InChI is InChI=1S/C13H14N4O5/c1-7-4-5-10(12(14-7)17(19)20)21-9(3)13(18)15-11-6-8(2)22-16-11/h4-6,9H,1-3H3,(H,15,16,18). The van der Waals surface area contributed by atoms with Gasteiger partial charge in [-0.25, -0.2) is 0 Å². The van der Waals surface area contributed by atoms with Gasteiger partial charge in [-0.05, 0) is 35.9 Å². The minimum atomic E-state index is -0.972. The van der Waals surface area contributed by atoms with Crippen LogP contribution in [-0.4, -0.2) is 27.1 Å². The zero-order chi connectivity index (χ0) is 16.3. The predicted octanol–water partition coefficient (Wildman–Crippen LogP) is 2.00. The average molecular weight is 306 g/mol. The third-order valence-electron chi connectivity index (χ3n) is 2.70. The van der Waals surface area contributed by atoms with Gasteiger partial charge in [-0.3, -0.25) is 4.79 Å². The lowest BCUT2D eigenvalue weighted by Crippen LogP contribution is -2.30. The summed E-state index contributed by atoms with van der Waals surface area (Å²) in [5, 5.41) is 17.1. The normalized spacial score (nSPS) is 11.8. The Kier molecular flexibility index (Phi) is 4.35. The SMILES string of the molecule is Cc1ccc(OC(C)C(=O)Nc2cc(C)on2)c([N+](=O)[O-])n1.